The van der Waals surface area contributed by atoms with Gasteiger partial charge >= 0.3 is 0 Å². The van der Waals surface area contributed by atoms with E-state index < -0.39 is 15.4 Å². The molecule has 0 aromatic heterocycles. The van der Waals surface area contributed by atoms with Gasteiger partial charge in [-0.2, -0.15) is 8.42 Å². The van der Waals surface area contributed by atoms with Crippen molar-refractivity contribution in [3.05, 3.63) is 0 Å². The summed E-state index contributed by atoms with van der Waals surface area (Å²) in [6.45, 7) is 4.32. The average molecular weight is 421 g/mol. The highest BCUT2D eigenvalue weighted by molar-refractivity contribution is 7.86. The number of aliphatic hydroxyl groups is 1. The second-order valence-corrected chi connectivity index (χ2v) is 10.2. The van der Waals surface area contributed by atoms with Crippen LogP contribution < -0.4 is 0 Å². The van der Waals surface area contributed by atoms with Crippen LogP contribution in [0.2, 0.25) is 0 Å². The van der Waals surface area contributed by atoms with Crippen molar-refractivity contribution in [2.75, 3.05) is 0 Å². The van der Waals surface area contributed by atoms with E-state index in [1.807, 2.05) is 0 Å². The highest BCUT2D eigenvalue weighted by Gasteiger charge is 2.21. The van der Waals surface area contributed by atoms with Gasteiger partial charge in [0.05, 0.1) is 11.4 Å². The molecule has 0 spiro atoms. The zero-order chi connectivity index (χ0) is 21.1. The summed E-state index contributed by atoms with van der Waals surface area (Å²) in [7, 11) is -3.90. The van der Waals surface area contributed by atoms with E-state index in [0.717, 1.165) is 77.0 Å². The van der Waals surface area contributed by atoms with Crippen molar-refractivity contribution in [1.29, 1.82) is 0 Å². The lowest BCUT2D eigenvalue weighted by Crippen LogP contribution is -2.20. The largest absolute Gasteiger partial charge is 0.393 e. The second-order valence-electron chi connectivity index (χ2n) is 8.54. The van der Waals surface area contributed by atoms with Crippen LogP contribution in [-0.2, 0) is 10.1 Å². The van der Waals surface area contributed by atoms with Crippen molar-refractivity contribution in [1.82, 2.24) is 0 Å². The molecule has 0 rings (SSSR count). The molecule has 0 amide bonds. The van der Waals surface area contributed by atoms with Gasteiger partial charge in [-0.15, -0.1) is 0 Å². The zero-order valence-electron chi connectivity index (χ0n) is 18.7. The summed E-state index contributed by atoms with van der Waals surface area (Å²) in [5.41, 5.74) is 0. The van der Waals surface area contributed by atoms with E-state index in [1.165, 1.54) is 32.1 Å². The fourth-order valence-corrected chi connectivity index (χ4v) is 4.76. The fourth-order valence-electron chi connectivity index (χ4n) is 3.83. The van der Waals surface area contributed by atoms with Crippen molar-refractivity contribution in [3.8, 4) is 0 Å². The first kappa shape index (κ1) is 27.9. The molecule has 2 unspecified atom stereocenters. The predicted molar refractivity (Wildman–Crippen MR) is 120 cm³/mol. The van der Waals surface area contributed by atoms with Crippen LogP contribution >= 0.6 is 0 Å². The summed E-state index contributed by atoms with van der Waals surface area (Å²) in [4.78, 5) is 0. The Morgan fingerprint density at radius 1 is 0.571 bits per heavy atom. The third kappa shape index (κ3) is 17.9. The van der Waals surface area contributed by atoms with Crippen molar-refractivity contribution in [2.24, 2.45) is 0 Å². The Balaban J connectivity index is 3.56. The highest BCUT2D eigenvalue weighted by atomic mass is 32.2. The molecule has 170 valence electrons. The van der Waals surface area contributed by atoms with Crippen molar-refractivity contribution in [2.45, 2.75) is 147 Å². The van der Waals surface area contributed by atoms with Crippen LogP contribution in [0.3, 0.4) is 0 Å². The Bertz CT molecular complexity index is 422. The van der Waals surface area contributed by atoms with Crippen LogP contribution in [0.5, 0.6) is 0 Å². The van der Waals surface area contributed by atoms with Gasteiger partial charge in [0.25, 0.3) is 10.1 Å². The topological polar surface area (TPSA) is 74.6 Å². The van der Waals surface area contributed by atoms with Crippen LogP contribution in [0, 0.1) is 0 Å². The van der Waals surface area contributed by atoms with Crippen LogP contribution in [-0.4, -0.2) is 29.4 Å². The molecular weight excluding hydrogens is 372 g/mol. The molecule has 0 fully saturated rings. The number of hydrogen-bond acceptors (Lipinski definition) is 3. The van der Waals surface area contributed by atoms with E-state index in [1.54, 1.807) is 0 Å². The lowest BCUT2D eigenvalue weighted by Gasteiger charge is -2.13. The van der Waals surface area contributed by atoms with Gasteiger partial charge in [0, 0.05) is 0 Å². The Labute approximate surface area is 175 Å². The van der Waals surface area contributed by atoms with E-state index in [9.17, 15) is 18.1 Å². The van der Waals surface area contributed by atoms with E-state index in [0.29, 0.717) is 12.8 Å². The van der Waals surface area contributed by atoms with Gasteiger partial charge in [-0.1, -0.05) is 110 Å². The monoisotopic (exact) mass is 420 g/mol. The summed E-state index contributed by atoms with van der Waals surface area (Å²) >= 11 is 0. The summed E-state index contributed by atoms with van der Waals surface area (Å²) in [5.74, 6) is 0. The first-order valence-electron chi connectivity index (χ1n) is 12.1. The molecule has 4 nitrogen and oxygen atoms in total. The van der Waals surface area contributed by atoms with Crippen molar-refractivity contribution >= 4 is 10.1 Å². The minimum atomic E-state index is -3.90. The molecule has 0 saturated heterocycles. The molecule has 0 saturated carbocycles. The Hall–Kier alpha value is -0.130. The van der Waals surface area contributed by atoms with Gasteiger partial charge in [0.2, 0.25) is 0 Å². The van der Waals surface area contributed by atoms with Crippen LogP contribution in [0.4, 0.5) is 0 Å². The molecule has 0 aliphatic rings. The van der Waals surface area contributed by atoms with E-state index in [-0.39, 0.29) is 6.10 Å². The van der Waals surface area contributed by atoms with Crippen molar-refractivity contribution in [3.63, 3.8) is 0 Å². The summed E-state index contributed by atoms with van der Waals surface area (Å²) < 4.78 is 32.3. The molecule has 2 atom stereocenters. The molecular formula is C23H48O4S. The van der Waals surface area contributed by atoms with Gasteiger partial charge < -0.3 is 5.11 Å². The fraction of sp³-hybridized carbons (Fsp3) is 1.00. The Kier molecular flexibility index (Phi) is 18.8. The maximum Gasteiger partial charge on any atom is 0.267 e. The van der Waals surface area contributed by atoms with E-state index >= 15 is 0 Å². The lowest BCUT2D eigenvalue weighted by atomic mass is 10.0. The molecule has 0 aliphatic heterocycles. The third-order valence-corrected chi connectivity index (χ3v) is 7.07. The lowest BCUT2D eigenvalue weighted by molar-refractivity contribution is 0.147. The molecule has 0 aromatic rings. The van der Waals surface area contributed by atoms with Gasteiger partial charge in [-0.25, -0.2) is 0 Å². The summed E-state index contributed by atoms with van der Waals surface area (Å²) in [5, 5.41) is 9.47. The standard InChI is InChI=1S/C23H48O4S/c1-3-5-7-8-11-15-18-22(24)19-16-12-9-10-13-17-21-23(28(25,26)27)20-14-6-4-2/h22-24H,3-21H2,1-2H3,(H,25,26,27). The predicted octanol–water partition coefficient (Wildman–Crippen LogP) is 7.06. The van der Waals surface area contributed by atoms with E-state index in [4.69, 9.17) is 0 Å². The van der Waals surface area contributed by atoms with Crippen LogP contribution in [0.25, 0.3) is 0 Å². The number of hydrogen-bond donors (Lipinski definition) is 2. The molecule has 5 heteroatoms. The molecule has 0 bridgehead atoms. The zero-order valence-corrected chi connectivity index (χ0v) is 19.5. The van der Waals surface area contributed by atoms with Gasteiger partial charge in [-0.05, 0) is 25.7 Å². The quantitative estimate of drug-likeness (QED) is 0.154. The van der Waals surface area contributed by atoms with Gasteiger partial charge in [-0.3, -0.25) is 4.55 Å². The Morgan fingerprint density at radius 2 is 0.893 bits per heavy atom. The van der Waals surface area contributed by atoms with Gasteiger partial charge in [0.1, 0.15) is 0 Å². The molecule has 0 aromatic carbocycles. The average Bonchev–Trinajstić information content (AvgIpc) is 2.64. The van der Waals surface area contributed by atoms with Crippen LogP contribution in [0.15, 0.2) is 0 Å². The molecule has 2 N–H and O–H groups in total. The number of unbranched alkanes of at least 4 members (excludes halogenated alkanes) is 12. The third-order valence-electron chi connectivity index (χ3n) is 5.76. The minimum absolute atomic E-state index is 0.134. The summed E-state index contributed by atoms with van der Waals surface area (Å²) in [6, 6.07) is 0. The maximum absolute atomic E-state index is 11.5. The van der Waals surface area contributed by atoms with Crippen molar-refractivity contribution < 1.29 is 18.1 Å². The number of aliphatic hydroxyl groups excluding tert-OH is 1. The van der Waals surface area contributed by atoms with Crippen LogP contribution in [0.1, 0.15) is 136 Å². The van der Waals surface area contributed by atoms with Gasteiger partial charge in [0.15, 0.2) is 0 Å². The molecule has 0 radical (unpaired) electrons. The molecule has 0 aliphatic carbocycles. The first-order chi connectivity index (χ1) is 13.4. The Morgan fingerprint density at radius 3 is 1.32 bits per heavy atom. The second kappa shape index (κ2) is 18.9. The summed E-state index contributed by atoms with van der Waals surface area (Å²) in [6.07, 6.45) is 19.9. The maximum atomic E-state index is 11.5. The smallest absolute Gasteiger partial charge is 0.267 e. The molecule has 28 heavy (non-hydrogen) atoms. The number of rotatable bonds is 21. The van der Waals surface area contributed by atoms with E-state index in [2.05, 4.69) is 13.8 Å². The molecule has 0 heterocycles. The minimum Gasteiger partial charge on any atom is -0.393 e. The highest BCUT2D eigenvalue weighted by Crippen LogP contribution is 2.19. The normalized spacial score (nSPS) is 14.3. The SMILES string of the molecule is CCCCCCCCC(O)CCCCCCCCC(CCCCC)S(=O)(=O)O. The first-order valence-corrected chi connectivity index (χ1v) is 13.6.